The Morgan fingerprint density at radius 1 is 1.00 bits per heavy atom. The predicted octanol–water partition coefficient (Wildman–Crippen LogP) is 8.05. The number of halogens is 4. The van der Waals surface area contributed by atoms with E-state index in [1.807, 2.05) is 0 Å². The number of hydrogen-bond acceptors (Lipinski definition) is 3. The number of alkyl halides is 3. The van der Waals surface area contributed by atoms with Crippen LogP contribution in [-0.4, -0.2) is 17.1 Å². The van der Waals surface area contributed by atoms with Gasteiger partial charge in [-0.25, -0.2) is 4.39 Å². The molecule has 7 heteroatoms. The first-order valence-electron chi connectivity index (χ1n) is 13.0. The third-order valence-corrected chi connectivity index (χ3v) is 7.87. The minimum Gasteiger partial charge on any atom is -0.303 e. The van der Waals surface area contributed by atoms with Crippen LogP contribution in [0.2, 0.25) is 0 Å². The molecule has 1 aromatic heterocycles. The molecule has 3 aromatic rings. The number of hydrogen-bond donors (Lipinski definition) is 0. The lowest BCUT2D eigenvalue weighted by Gasteiger charge is -2.37. The maximum Gasteiger partial charge on any atom is 0.416 e. The topological polar surface area (TPSA) is 47.0 Å². The van der Waals surface area contributed by atoms with Crippen LogP contribution in [0.4, 0.5) is 17.6 Å². The van der Waals surface area contributed by atoms with E-state index >= 15 is 0 Å². The summed E-state index contributed by atoms with van der Waals surface area (Å²) in [6, 6.07) is 10.0. The number of carbonyl (C=O) groups excluding carboxylic acids is 2. The van der Waals surface area contributed by atoms with Gasteiger partial charge < -0.3 is 4.79 Å². The summed E-state index contributed by atoms with van der Waals surface area (Å²) in [7, 11) is 0. The summed E-state index contributed by atoms with van der Waals surface area (Å²) >= 11 is 0. The molecule has 0 spiro atoms. The van der Waals surface area contributed by atoms with E-state index in [4.69, 9.17) is 4.98 Å². The van der Waals surface area contributed by atoms with Gasteiger partial charge in [-0.1, -0.05) is 51.0 Å². The van der Waals surface area contributed by atoms with Crippen molar-refractivity contribution in [3.8, 4) is 11.1 Å². The quantitative estimate of drug-likeness (QED) is 0.193. The van der Waals surface area contributed by atoms with E-state index in [1.165, 1.54) is 24.3 Å². The van der Waals surface area contributed by atoms with Crippen LogP contribution in [0.1, 0.15) is 96.2 Å². The van der Waals surface area contributed by atoms with Gasteiger partial charge >= 0.3 is 6.18 Å². The number of benzene rings is 2. The number of aromatic nitrogens is 1. The number of fused-ring (bicyclic) bond motifs is 1. The van der Waals surface area contributed by atoms with Gasteiger partial charge in [-0.2, -0.15) is 13.2 Å². The van der Waals surface area contributed by atoms with Crippen LogP contribution in [0.5, 0.6) is 0 Å². The average molecular weight is 524 g/mol. The van der Waals surface area contributed by atoms with Gasteiger partial charge in [-0.3, -0.25) is 9.78 Å². The number of aldehydes is 1. The smallest absolute Gasteiger partial charge is 0.303 e. The molecule has 1 unspecified atom stereocenters. The molecule has 2 aliphatic carbocycles. The first kappa shape index (κ1) is 26.3. The van der Waals surface area contributed by atoms with Gasteiger partial charge in [-0.15, -0.1) is 0 Å². The van der Waals surface area contributed by atoms with E-state index in [2.05, 4.69) is 13.8 Å². The SMILES string of the molecule is CC1(C)Cc2nc(C3CCCC3)c(C(=O)c3ccc(C(F)(F)F)cc3)c(-c3ccc(F)cc3)c2C(C=O)C1. The lowest BCUT2D eigenvalue weighted by molar-refractivity contribution is -0.137. The second-order valence-corrected chi connectivity index (χ2v) is 11.3. The minimum atomic E-state index is -4.52. The van der Waals surface area contributed by atoms with E-state index < -0.39 is 29.3 Å². The number of carbonyl (C=O) groups is 2. The fourth-order valence-corrected chi connectivity index (χ4v) is 6.14. The molecule has 0 amide bonds. The highest BCUT2D eigenvalue weighted by atomic mass is 19.4. The molecular formula is C31H29F4NO2. The maximum absolute atomic E-state index is 14.2. The van der Waals surface area contributed by atoms with Crippen molar-refractivity contribution < 1.29 is 27.2 Å². The Labute approximate surface area is 219 Å². The Kier molecular flexibility index (Phi) is 6.74. The molecule has 2 aromatic carbocycles. The van der Waals surface area contributed by atoms with Gasteiger partial charge in [0, 0.05) is 28.7 Å². The molecule has 0 radical (unpaired) electrons. The summed E-state index contributed by atoms with van der Waals surface area (Å²) in [5.41, 5.74) is 2.61. The van der Waals surface area contributed by atoms with E-state index in [-0.39, 0.29) is 16.9 Å². The average Bonchev–Trinajstić information content (AvgIpc) is 3.41. The van der Waals surface area contributed by atoms with Crippen LogP contribution < -0.4 is 0 Å². The summed E-state index contributed by atoms with van der Waals surface area (Å²) in [5, 5.41) is 0. The molecule has 0 aliphatic heterocycles. The Hall–Kier alpha value is -3.35. The molecule has 1 fully saturated rings. The van der Waals surface area contributed by atoms with Gasteiger partial charge in [0.25, 0.3) is 0 Å². The van der Waals surface area contributed by atoms with Crippen molar-refractivity contribution in [2.24, 2.45) is 5.41 Å². The number of ketones is 1. The molecule has 3 nitrogen and oxygen atoms in total. The zero-order chi connectivity index (χ0) is 27.2. The van der Waals surface area contributed by atoms with Gasteiger partial charge in [0.15, 0.2) is 5.78 Å². The van der Waals surface area contributed by atoms with Crippen molar-refractivity contribution in [3.05, 3.63) is 88.0 Å². The van der Waals surface area contributed by atoms with Gasteiger partial charge in [0.05, 0.1) is 16.8 Å². The first-order chi connectivity index (χ1) is 18.0. The Morgan fingerprint density at radius 3 is 2.21 bits per heavy atom. The van der Waals surface area contributed by atoms with Crippen molar-refractivity contribution in [1.29, 1.82) is 0 Å². The Bertz CT molecular complexity index is 1370. The first-order valence-corrected chi connectivity index (χ1v) is 13.0. The van der Waals surface area contributed by atoms with Crippen molar-refractivity contribution >= 4 is 12.1 Å². The van der Waals surface area contributed by atoms with Gasteiger partial charge in [-0.05, 0) is 66.5 Å². The normalized spacial score (nSPS) is 19.3. The number of rotatable bonds is 5. The summed E-state index contributed by atoms with van der Waals surface area (Å²) in [6.07, 6.45) is 1.23. The van der Waals surface area contributed by atoms with Crippen LogP contribution >= 0.6 is 0 Å². The molecule has 0 bridgehead atoms. The second kappa shape index (κ2) is 9.75. The van der Waals surface area contributed by atoms with Crippen LogP contribution in [0, 0.1) is 11.2 Å². The van der Waals surface area contributed by atoms with Crippen LogP contribution in [0.15, 0.2) is 48.5 Å². The zero-order valence-electron chi connectivity index (χ0n) is 21.4. The fraction of sp³-hybridized carbons (Fsp3) is 0.387. The summed E-state index contributed by atoms with van der Waals surface area (Å²) in [6.45, 7) is 4.17. The largest absolute Gasteiger partial charge is 0.416 e. The standard InChI is InChI=1S/C31H29F4NO2/c1-30(2)15-21(17-37)25-24(16-30)36-28(19-5-3-4-6-19)27(26(25)18-9-13-23(32)14-10-18)29(38)20-7-11-22(12-8-20)31(33,34)35/h7-14,17,19,21H,3-6,15-16H2,1-2H3. The molecule has 198 valence electrons. The lowest BCUT2D eigenvalue weighted by Crippen LogP contribution is -2.30. The number of nitrogens with zero attached hydrogens (tertiary/aromatic N) is 1. The number of pyridine rings is 1. The summed E-state index contributed by atoms with van der Waals surface area (Å²) in [5.74, 6) is -1.37. The third kappa shape index (κ3) is 4.91. The Balaban J connectivity index is 1.80. The van der Waals surface area contributed by atoms with E-state index in [9.17, 15) is 27.2 Å². The molecule has 0 saturated heterocycles. The molecule has 38 heavy (non-hydrogen) atoms. The van der Waals surface area contributed by atoms with Crippen LogP contribution in [0.25, 0.3) is 11.1 Å². The van der Waals surface area contributed by atoms with E-state index in [0.717, 1.165) is 49.8 Å². The van der Waals surface area contributed by atoms with Crippen molar-refractivity contribution in [2.45, 2.75) is 70.4 Å². The van der Waals surface area contributed by atoms with Crippen molar-refractivity contribution in [1.82, 2.24) is 4.98 Å². The van der Waals surface area contributed by atoms with Crippen LogP contribution in [0.3, 0.4) is 0 Å². The molecule has 1 atom stereocenters. The van der Waals surface area contributed by atoms with E-state index in [1.54, 1.807) is 12.1 Å². The molecule has 5 rings (SSSR count). The highest BCUT2D eigenvalue weighted by molar-refractivity contribution is 6.14. The summed E-state index contributed by atoms with van der Waals surface area (Å²) < 4.78 is 53.6. The third-order valence-electron chi connectivity index (χ3n) is 7.87. The second-order valence-electron chi connectivity index (χ2n) is 11.3. The molecular weight excluding hydrogens is 494 g/mol. The molecule has 1 heterocycles. The van der Waals surface area contributed by atoms with Crippen molar-refractivity contribution in [2.75, 3.05) is 0 Å². The fourth-order valence-electron chi connectivity index (χ4n) is 6.14. The predicted molar refractivity (Wildman–Crippen MR) is 137 cm³/mol. The molecule has 2 aliphatic rings. The van der Waals surface area contributed by atoms with E-state index in [0.29, 0.717) is 40.8 Å². The molecule has 0 N–H and O–H groups in total. The van der Waals surface area contributed by atoms with Gasteiger partial charge in [0.1, 0.15) is 12.1 Å². The highest BCUT2D eigenvalue weighted by Gasteiger charge is 2.39. The van der Waals surface area contributed by atoms with Crippen molar-refractivity contribution in [3.63, 3.8) is 0 Å². The maximum atomic E-state index is 14.2. The zero-order valence-corrected chi connectivity index (χ0v) is 21.4. The minimum absolute atomic E-state index is 0.0209. The highest BCUT2D eigenvalue weighted by Crippen LogP contribution is 2.48. The molecule has 1 saturated carbocycles. The lowest BCUT2D eigenvalue weighted by atomic mass is 9.68. The Morgan fingerprint density at radius 2 is 1.63 bits per heavy atom. The summed E-state index contributed by atoms with van der Waals surface area (Å²) in [4.78, 5) is 31.6. The van der Waals surface area contributed by atoms with Crippen LogP contribution in [-0.2, 0) is 17.4 Å². The van der Waals surface area contributed by atoms with Gasteiger partial charge in [0.2, 0.25) is 0 Å². The monoisotopic (exact) mass is 523 g/mol.